The van der Waals surface area contributed by atoms with Crippen molar-refractivity contribution in [1.82, 2.24) is 4.90 Å². The molecule has 3 aliphatic rings. The smallest absolute Gasteiger partial charge is 0.256 e. The van der Waals surface area contributed by atoms with Crippen molar-refractivity contribution in [2.75, 3.05) is 18.5 Å². The van der Waals surface area contributed by atoms with E-state index in [-0.39, 0.29) is 29.3 Å². The van der Waals surface area contributed by atoms with Crippen LogP contribution in [0.3, 0.4) is 0 Å². The highest BCUT2D eigenvalue weighted by Gasteiger charge is 2.73. The number of fused-ring (bicyclic) bond motifs is 4. The first kappa shape index (κ1) is 25.8. The third-order valence-corrected chi connectivity index (χ3v) is 8.73. The number of hydrogen-bond donors (Lipinski definition) is 1. The van der Waals surface area contributed by atoms with Gasteiger partial charge in [-0.25, -0.2) is 4.39 Å². The molecule has 3 aliphatic heterocycles. The molecular weight excluding hydrogens is 569 g/mol. The number of amides is 1. The van der Waals surface area contributed by atoms with E-state index in [0.29, 0.717) is 51.5 Å². The number of carbonyl (C=O) groups is 1. The van der Waals surface area contributed by atoms with Gasteiger partial charge >= 0.3 is 0 Å². The first-order valence-corrected chi connectivity index (χ1v) is 13.8. The molecule has 4 atom stereocenters. The Morgan fingerprint density at radius 3 is 2.72 bits per heavy atom. The van der Waals surface area contributed by atoms with Crippen molar-refractivity contribution in [3.05, 3.63) is 97.8 Å². The van der Waals surface area contributed by atoms with Crippen molar-refractivity contribution in [3.8, 4) is 11.5 Å². The number of anilines is 1. The topological polar surface area (TPSA) is 93.9 Å². The van der Waals surface area contributed by atoms with Crippen molar-refractivity contribution < 1.29 is 23.6 Å². The summed E-state index contributed by atoms with van der Waals surface area (Å²) in [5, 5.41) is 15.8. The van der Waals surface area contributed by atoms with Crippen LogP contribution in [0.25, 0.3) is 0 Å². The van der Waals surface area contributed by atoms with Gasteiger partial charge in [-0.1, -0.05) is 36.4 Å². The van der Waals surface area contributed by atoms with E-state index in [1.54, 1.807) is 30.3 Å². The Balaban J connectivity index is 1.45. The highest BCUT2D eigenvalue weighted by molar-refractivity contribution is 9.10. The largest absolute Gasteiger partial charge is 0.490 e. The number of nitro groups is 1. The van der Waals surface area contributed by atoms with Gasteiger partial charge in [0.05, 0.1) is 17.0 Å². The quantitative estimate of drug-likeness (QED) is 0.281. The van der Waals surface area contributed by atoms with E-state index in [4.69, 9.17) is 9.47 Å². The fourth-order valence-corrected chi connectivity index (χ4v) is 7.30. The molecule has 39 heavy (non-hydrogen) atoms. The summed E-state index contributed by atoms with van der Waals surface area (Å²) in [5.74, 6) is -0.502. The van der Waals surface area contributed by atoms with Gasteiger partial charge in [0, 0.05) is 34.3 Å². The number of carbonyl (C=O) groups excluding carboxylic acids is 1. The summed E-state index contributed by atoms with van der Waals surface area (Å²) < 4.78 is 26.7. The standard InChI is InChI=1S/C29H27BrFN3O5/c1-2-38-24-15-18(14-20(30)26(24)39-16-17-8-3-5-10-21(17)31)25-23-12-7-13-33(23)29(27(25)34(36)37)19-9-4-6-11-22(19)32-28(29)35/h3-6,8-11,14-15,23,25,27H,2,7,12-13,16H2,1H3,(H,32,35)/t23-,25+,27-,29-/m0/s1. The number of para-hydroxylation sites is 1. The first-order chi connectivity index (χ1) is 18.9. The van der Waals surface area contributed by atoms with E-state index >= 15 is 0 Å². The zero-order valence-corrected chi connectivity index (χ0v) is 22.8. The Bertz CT molecular complexity index is 1470. The van der Waals surface area contributed by atoms with E-state index in [0.717, 1.165) is 12.8 Å². The van der Waals surface area contributed by atoms with Gasteiger partial charge in [0.2, 0.25) is 0 Å². The zero-order valence-electron chi connectivity index (χ0n) is 21.2. The third-order valence-electron chi connectivity index (χ3n) is 8.14. The highest BCUT2D eigenvalue weighted by Crippen LogP contribution is 2.58. The van der Waals surface area contributed by atoms with Crippen LogP contribution in [0.2, 0.25) is 0 Å². The average molecular weight is 596 g/mol. The molecule has 10 heteroatoms. The molecule has 3 heterocycles. The molecule has 0 aliphatic carbocycles. The average Bonchev–Trinajstić information content (AvgIpc) is 3.57. The van der Waals surface area contributed by atoms with E-state index in [1.165, 1.54) is 6.07 Å². The van der Waals surface area contributed by atoms with Crippen LogP contribution < -0.4 is 14.8 Å². The molecule has 1 N–H and O–H groups in total. The summed E-state index contributed by atoms with van der Waals surface area (Å²) in [7, 11) is 0. The minimum absolute atomic E-state index is 0.0118. The molecule has 8 nitrogen and oxygen atoms in total. The minimum Gasteiger partial charge on any atom is -0.490 e. The zero-order chi connectivity index (χ0) is 27.3. The number of nitrogens with zero attached hydrogens (tertiary/aromatic N) is 2. The van der Waals surface area contributed by atoms with Crippen molar-refractivity contribution in [2.45, 2.75) is 49.9 Å². The van der Waals surface area contributed by atoms with Gasteiger partial charge in [0.25, 0.3) is 11.9 Å². The monoisotopic (exact) mass is 595 g/mol. The van der Waals surface area contributed by atoms with Gasteiger partial charge in [-0.05, 0) is 65.5 Å². The van der Waals surface area contributed by atoms with E-state index < -0.39 is 17.5 Å². The number of halogens is 2. The number of ether oxygens (including phenoxy) is 2. The maximum atomic E-state index is 14.2. The van der Waals surface area contributed by atoms with Crippen molar-refractivity contribution in [3.63, 3.8) is 0 Å². The predicted octanol–water partition coefficient (Wildman–Crippen LogP) is 5.62. The summed E-state index contributed by atoms with van der Waals surface area (Å²) >= 11 is 3.59. The molecule has 0 radical (unpaired) electrons. The molecule has 0 bridgehead atoms. The van der Waals surface area contributed by atoms with Gasteiger partial charge in [-0.3, -0.25) is 19.8 Å². The number of benzene rings is 3. The van der Waals surface area contributed by atoms with Crippen LogP contribution >= 0.6 is 15.9 Å². The molecular formula is C29H27BrFN3O5. The second-order valence-electron chi connectivity index (χ2n) is 10.1. The molecule has 6 rings (SSSR count). The Morgan fingerprint density at radius 2 is 1.95 bits per heavy atom. The van der Waals surface area contributed by atoms with Crippen molar-refractivity contribution >= 4 is 27.5 Å². The Hall–Kier alpha value is -3.50. The van der Waals surface area contributed by atoms with Crippen LogP contribution in [0.4, 0.5) is 10.1 Å². The number of hydrogen-bond acceptors (Lipinski definition) is 6. The Kier molecular flexibility index (Phi) is 6.55. The summed E-state index contributed by atoms with van der Waals surface area (Å²) in [6, 6.07) is 15.8. The molecule has 2 saturated heterocycles. The molecule has 0 unspecified atom stereocenters. The van der Waals surface area contributed by atoms with Crippen molar-refractivity contribution in [2.24, 2.45) is 0 Å². The van der Waals surface area contributed by atoms with Crippen LogP contribution in [-0.2, 0) is 16.9 Å². The van der Waals surface area contributed by atoms with E-state index in [9.17, 15) is 19.3 Å². The van der Waals surface area contributed by atoms with Gasteiger partial charge in [0.1, 0.15) is 12.4 Å². The van der Waals surface area contributed by atoms with Crippen LogP contribution in [0.1, 0.15) is 42.4 Å². The lowest BCUT2D eigenvalue weighted by atomic mass is 9.77. The Labute approximate surface area is 233 Å². The molecule has 0 aromatic heterocycles. The first-order valence-electron chi connectivity index (χ1n) is 13.0. The lowest BCUT2D eigenvalue weighted by Crippen LogP contribution is -2.55. The molecule has 1 spiro atoms. The maximum Gasteiger partial charge on any atom is 0.256 e. The van der Waals surface area contributed by atoms with Crippen LogP contribution in [0.15, 0.2) is 65.1 Å². The summed E-state index contributed by atoms with van der Waals surface area (Å²) in [6.45, 7) is 2.76. The van der Waals surface area contributed by atoms with Crippen LogP contribution in [-0.4, -0.2) is 41.0 Å². The summed E-state index contributed by atoms with van der Waals surface area (Å²) in [5.41, 5.74) is 0.962. The van der Waals surface area contributed by atoms with E-state index in [2.05, 4.69) is 21.2 Å². The lowest BCUT2D eigenvalue weighted by molar-refractivity contribution is -0.534. The lowest BCUT2D eigenvalue weighted by Gasteiger charge is -2.32. The van der Waals surface area contributed by atoms with Crippen LogP contribution in [0, 0.1) is 15.9 Å². The Morgan fingerprint density at radius 1 is 1.18 bits per heavy atom. The van der Waals surface area contributed by atoms with Gasteiger partial charge in [-0.15, -0.1) is 0 Å². The minimum atomic E-state index is -1.40. The molecule has 3 aromatic carbocycles. The SMILES string of the molecule is CCOc1cc([C@H]2[C@H]([N+](=O)[O-])[C@@]3(C(=O)Nc4ccccc43)N3CCC[C@@H]23)cc(Br)c1OCc1ccccc1F. The normalized spacial score (nSPS) is 25.4. The maximum absolute atomic E-state index is 14.2. The number of nitrogens with one attached hydrogen (secondary N) is 1. The summed E-state index contributed by atoms with van der Waals surface area (Å²) in [6.07, 6.45) is 1.57. The number of rotatable bonds is 7. The second kappa shape index (κ2) is 9.91. The van der Waals surface area contributed by atoms with Gasteiger partial charge in [-0.2, -0.15) is 0 Å². The summed E-state index contributed by atoms with van der Waals surface area (Å²) in [4.78, 5) is 28.3. The highest BCUT2D eigenvalue weighted by atomic mass is 79.9. The third kappa shape index (κ3) is 3.91. The molecule has 3 aromatic rings. The fourth-order valence-electron chi connectivity index (χ4n) is 6.72. The van der Waals surface area contributed by atoms with Gasteiger partial charge < -0.3 is 14.8 Å². The molecule has 202 valence electrons. The second-order valence-corrected chi connectivity index (χ2v) is 10.9. The fraction of sp³-hybridized carbons (Fsp3) is 0.345. The molecule has 0 saturated carbocycles. The van der Waals surface area contributed by atoms with E-state index in [1.807, 2.05) is 36.1 Å². The molecule has 1 amide bonds. The van der Waals surface area contributed by atoms with Gasteiger partial charge in [0.15, 0.2) is 17.0 Å². The van der Waals surface area contributed by atoms with Crippen molar-refractivity contribution in [1.29, 1.82) is 0 Å². The van der Waals surface area contributed by atoms with Crippen LogP contribution in [0.5, 0.6) is 11.5 Å². The molecule has 2 fully saturated rings. The predicted molar refractivity (Wildman–Crippen MR) is 146 cm³/mol.